The average Bonchev–Trinajstić information content (AvgIpc) is 2.83. The summed E-state index contributed by atoms with van der Waals surface area (Å²) in [5.74, 6) is 0. The Labute approximate surface area is 128 Å². The van der Waals surface area contributed by atoms with E-state index in [9.17, 15) is 8.42 Å². The van der Waals surface area contributed by atoms with E-state index in [4.69, 9.17) is 11.0 Å². The van der Waals surface area contributed by atoms with E-state index in [2.05, 4.69) is 0 Å². The standard InChI is InChI=1S/C14H15N3O2S2/c1-10-5-6-20-13(10)9-17(2)21(18,19)14-4-3-11(8-15)7-12(14)16/h3-7H,9,16H2,1-2H3. The van der Waals surface area contributed by atoms with Crippen LogP contribution in [0.3, 0.4) is 0 Å². The number of nitrogens with zero attached hydrogens (tertiary/aromatic N) is 2. The van der Waals surface area contributed by atoms with Crippen LogP contribution < -0.4 is 5.73 Å². The van der Waals surface area contributed by atoms with Gasteiger partial charge in [0.2, 0.25) is 10.0 Å². The number of hydrogen-bond donors (Lipinski definition) is 1. The van der Waals surface area contributed by atoms with Crippen molar-refractivity contribution in [1.82, 2.24) is 4.31 Å². The summed E-state index contributed by atoms with van der Waals surface area (Å²) in [5, 5.41) is 10.7. The molecule has 0 aliphatic rings. The zero-order valence-electron chi connectivity index (χ0n) is 11.7. The number of nitriles is 1. The van der Waals surface area contributed by atoms with E-state index in [1.165, 1.54) is 40.9 Å². The topological polar surface area (TPSA) is 87.2 Å². The van der Waals surface area contributed by atoms with Crippen LogP contribution in [0.2, 0.25) is 0 Å². The molecule has 0 fully saturated rings. The molecule has 110 valence electrons. The quantitative estimate of drug-likeness (QED) is 0.876. The Balaban J connectivity index is 2.34. The lowest BCUT2D eigenvalue weighted by Crippen LogP contribution is -2.27. The number of anilines is 1. The van der Waals surface area contributed by atoms with Crippen molar-refractivity contribution in [3.8, 4) is 6.07 Å². The number of nitrogen functional groups attached to an aromatic ring is 1. The predicted molar refractivity (Wildman–Crippen MR) is 83.3 cm³/mol. The number of benzene rings is 1. The van der Waals surface area contributed by atoms with Crippen LogP contribution in [0.15, 0.2) is 34.5 Å². The minimum absolute atomic E-state index is 0.0261. The number of hydrogen-bond acceptors (Lipinski definition) is 5. The van der Waals surface area contributed by atoms with Crippen molar-refractivity contribution < 1.29 is 8.42 Å². The third-order valence-corrected chi connectivity index (χ3v) is 6.05. The number of sulfonamides is 1. The van der Waals surface area contributed by atoms with Crippen LogP contribution in [0.5, 0.6) is 0 Å². The molecule has 7 heteroatoms. The highest BCUT2D eigenvalue weighted by Crippen LogP contribution is 2.25. The van der Waals surface area contributed by atoms with E-state index in [1.807, 2.05) is 24.4 Å². The molecule has 0 amide bonds. The molecule has 0 unspecified atom stereocenters. The first-order chi connectivity index (χ1) is 9.86. The highest BCUT2D eigenvalue weighted by Gasteiger charge is 2.24. The molecule has 1 aromatic heterocycles. The Hall–Kier alpha value is -1.88. The molecule has 0 saturated carbocycles. The van der Waals surface area contributed by atoms with Gasteiger partial charge >= 0.3 is 0 Å². The average molecular weight is 321 g/mol. The lowest BCUT2D eigenvalue weighted by molar-refractivity contribution is 0.469. The molecule has 0 saturated heterocycles. The lowest BCUT2D eigenvalue weighted by atomic mass is 10.2. The van der Waals surface area contributed by atoms with Crippen LogP contribution in [0, 0.1) is 18.3 Å². The van der Waals surface area contributed by atoms with Crippen molar-refractivity contribution in [3.05, 3.63) is 45.6 Å². The summed E-state index contributed by atoms with van der Waals surface area (Å²) in [4.78, 5) is 1.02. The molecule has 5 nitrogen and oxygen atoms in total. The van der Waals surface area contributed by atoms with Gasteiger partial charge in [-0.05, 0) is 42.1 Å². The lowest BCUT2D eigenvalue weighted by Gasteiger charge is -2.18. The van der Waals surface area contributed by atoms with Gasteiger partial charge in [0.15, 0.2) is 0 Å². The summed E-state index contributed by atoms with van der Waals surface area (Å²) in [6, 6.07) is 8.09. The summed E-state index contributed by atoms with van der Waals surface area (Å²) < 4.78 is 26.4. The minimum atomic E-state index is -3.68. The molecule has 0 aliphatic carbocycles. The Bertz CT molecular complexity index is 804. The molecule has 21 heavy (non-hydrogen) atoms. The summed E-state index contributed by atoms with van der Waals surface area (Å²) in [7, 11) is -2.16. The van der Waals surface area contributed by atoms with E-state index < -0.39 is 10.0 Å². The van der Waals surface area contributed by atoms with E-state index in [0.717, 1.165) is 10.4 Å². The maximum atomic E-state index is 12.6. The highest BCUT2D eigenvalue weighted by atomic mass is 32.2. The van der Waals surface area contributed by atoms with Crippen molar-refractivity contribution in [3.63, 3.8) is 0 Å². The van der Waals surface area contributed by atoms with Gasteiger partial charge in [0, 0.05) is 18.5 Å². The van der Waals surface area contributed by atoms with Crippen molar-refractivity contribution in [1.29, 1.82) is 5.26 Å². The molecule has 0 atom stereocenters. The molecule has 2 rings (SSSR count). The first-order valence-corrected chi connectivity index (χ1v) is 8.47. The second-order valence-corrected chi connectivity index (χ2v) is 7.67. The minimum Gasteiger partial charge on any atom is -0.398 e. The molecule has 1 heterocycles. The number of aryl methyl sites for hydroxylation is 1. The third kappa shape index (κ3) is 3.08. The van der Waals surface area contributed by atoms with Gasteiger partial charge in [-0.1, -0.05) is 0 Å². The molecule has 1 aromatic carbocycles. The van der Waals surface area contributed by atoms with Crippen LogP contribution in [0.1, 0.15) is 16.0 Å². The fraction of sp³-hybridized carbons (Fsp3) is 0.214. The fourth-order valence-corrected chi connectivity index (χ4v) is 4.15. The van der Waals surface area contributed by atoms with E-state index >= 15 is 0 Å². The molecule has 0 aliphatic heterocycles. The predicted octanol–water partition coefficient (Wildman–Crippen LogP) is 2.33. The summed E-state index contributed by atoms with van der Waals surface area (Å²) in [6.07, 6.45) is 0. The number of thiophene rings is 1. The SMILES string of the molecule is Cc1ccsc1CN(C)S(=O)(=O)c1ccc(C#N)cc1N. The summed E-state index contributed by atoms with van der Waals surface area (Å²) in [5.41, 5.74) is 7.26. The van der Waals surface area contributed by atoms with Gasteiger partial charge in [0.25, 0.3) is 0 Å². The Morgan fingerprint density at radius 3 is 2.62 bits per heavy atom. The van der Waals surface area contributed by atoms with E-state index in [0.29, 0.717) is 12.1 Å². The van der Waals surface area contributed by atoms with E-state index in [1.54, 1.807) is 0 Å². The van der Waals surface area contributed by atoms with Gasteiger partial charge in [-0.3, -0.25) is 0 Å². The van der Waals surface area contributed by atoms with Crippen molar-refractivity contribution >= 4 is 27.0 Å². The summed E-state index contributed by atoms with van der Waals surface area (Å²) >= 11 is 1.52. The van der Waals surface area contributed by atoms with Gasteiger partial charge in [0.05, 0.1) is 17.3 Å². The zero-order chi connectivity index (χ0) is 15.6. The maximum absolute atomic E-state index is 12.6. The second-order valence-electron chi connectivity index (χ2n) is 4.65. The third-order valence-electron chi connectivity index (χ3n) is 3.16. The van der Waals surface area contributed by atoms with Gasteiger partial charge in [-0.15, -0.1) is 11.3 Å². The van der Waals surface area contributed by atoms with Gasteiger partial charge in [-0.25, -0.2) is 8.42 Å². The highest BCUT2D eigenvalue weighted by molar-refractivity contribution is 7.89. The molecular formula is C14H15N3O2S2. The summed E-state index contributed by atoms with van der Waals surface area (Å²) in [6.45, 7) is 2.24. The van der Waals surface area contributed by atoms with Crippen LogP contribution in [-0.4, -0.2) is 19.8 Å². The van der Waals surface area contributed by atoms with Crippen LogP contribution in [0.25, 0.3) is 0 Å². The van der Waals surface area contributed by atoms with Crippen LogP contribution in [0.4, 0.5) is 5.69 Å². The Morgan fingerprint density at radius 1 is 1.38 bits per heavy atom. The van der Waals surface area contributed by atoms with Crippen molar-refractivity contribution in [2.24, 2.45) is 0 Å². The fourth-order valence-electron chi connectivity index (χ4n) is 1.87. The zero-order valence-corrected chi connectivity index (χ0v) is 13.3. The molecule has 0 bridgehead atoms. The second kappa shape index (κ2) is 5.85. The molecule has 0 spiro atoms. The van der Waals surface area contributed by atoms with Gasteiger partial charge in [-0.2, -0.15) is 9.57 Å². The first-order valence-electron chi connectivity index (χ1n) is 6.15. The Morgan fingerprint density at radius 2 is 2.10 bits per heavy atom. The molecule has 2 N–H and O–H groups in total. The smallest absolute Gasteiger partial charge is 0.245 e. The van der Waals surface area contributed by atoms with Crippen molar-refractivity contribution in [2.45, 2.75) is 18.4 Å². The molecular weight excluding hydrogens is 306 g/mol. The van der Waals surface area contributed by atoms with Gasteiger partial charge in [0.1, 0.15) is 4.90 Å². The van der Waals surface area contributed by atoms with E-state index in [-0.39, 0.29) is 10.6 Å². The van der Waals surface area contributed by atoms with Gasteiger partial charge < -0.3 is 5.73 Å². The van der Waals surface area contributed by atoms with Crippen LogP contribution >= 0.6 is 11.3 Å². The molecule has 2 aromatic rings. The number of rotatable bonds is 4. The number of nitrogens with two attached hydrogens (primary N) is 1. The largest absolute Gasteiger partial charge is 0.398 e. The Kier molecular flexibility index (Phi) is 4.32. The first kappa shape index (κ1) is 15.5. The monoisotopic (exact) mass is 321 g/mol. The maximum Gasteiger partial charge on any atom is 0.245 e. The van der Waals surface area contributed by atoms with Crippen LogP contribution in [-0.2, 0) is 16.6 Å². The van der Waals surface area contributed by atoms with Crippen molar-refractivity contribution in [2.75, 3.05) is 12.8 Å². The molecule has 0 radical (unpaired) electrons. The normalized spacial score (nSPS) is 11.5.